The van der Waals surface area contributed by atoms with E-state index in [0.717, 1.165) is 6.20 Å². The molecule has 1 heterocycles. The fraction of sp³-hybridized carbons (Fsp3) is 0.167. The standard InChI is InChI=1S/C6H6ClNO3S.ClH/c1-11-5-2-3-8-4-6(5)12(7,9)10;/h2-4H,1H3;1H. The number of halogens is 2. The quantitative estimate of drug-likeness (QED) is 0.738. The summed E-state index contributed by atoms with van der Waals surface area (Å²) in [5, 5.41) is 0. The summed E-state index contributed by atoms with van der Waals surface area (Å²) in [5.41, 5.74) is 0. The minimum atomic E-state index is -3.76. The van der Waals surface area contributed by atoms with Crippen LogP contribution in [0.1, 0.15) is 0 Å². The predicted molar refractivity (Wildman–Crippen MR) is 51.1 cm³/mol. The second-order valence-electron chi connectivity index (χ2n) is 1.96. The molecule has 0 aliphatic carbocycles. The molecule has 0 radical (unpaired) electrons. The monoisotopic (exact) mass is 243 g/mol. The first kappa shape index (κ1) is 12.5. The number of hydrogen-bond donors (Lipinski definition) is 0. The van der Waals surface area contributed by atoms with Crippen molar-refractivity contribution in [3.63, 3.8) is 0 Å². The van der Waals surface area contributed by atoms with Crippen LogP contribution in [0.5, 0.6) is 5.75 Å². The molecule has 74 valence electrons. The van der Waals surface area contributed by atoms with Crippen molar-refractivity contribution >= 4 is 32.1 Å². The van der Waals surface area contributed by atoms with Crippen molar-refractivity contribution in [1.29, 1.82) is 0 Å². The molecule has 0 spiro atoms. The largest absolute Gasteiger partial charge is 0.495 e. The van der Waals surface area contributed by atoms with Crippen molar-refractivity contribution in [3.05, 3.63) is 18.5 Å². The van der Waals surface area contributed by atoms with E-state index in [9.17, 15) is 8.42 Å². The normalized spacial score (nSPS) is 10.3. The third kappa shape index (κ3) is 3.02. The highest BCUT2D eigenvalue weighted by atomic mass is 35.7. The van der Waals surface area contributed by atoms with Gasteiger partial charge in [0, 0.05) is 16.9 Å². The number of rotatable bonds is 2. The maximum atomic E-state index is 10.9. The third-order valence-corrected chi connectivity index (χ3v) is 2.56. The first-order valence-electron chi connectivity index (χ1n) is 2.98. The second-order valence-corrected chi connectivity index (χ2v) is 4.50. The minimum absolute atomic E-state index is 0. The van der Waals surface area contributed by atoms with Gasteiger partial charge < -0.3 is 4.74 Å². The van der Waals surface area contributed by atoms with Gasteiger partial charge >= 0.3 is 0 Å². The zero-order valence-corrected chi connectivity index (χ0v) is 8.99. The van der Waals surface area contributed by atoms with Crippen LogP contribution in [-0.4, -0.2) is 20.5 Å². The van der Waals surface area contributed by atoms with Crippen LogP contribution in [0, 0.1) is 0 Å². The van der Waals surface area contributed by atoms with Crippen LogP contribution in [0.3, 0.4) is 0 Å². The van der Waals surface area contributed by atoms with Crippen molar-refractivity contribution in [1.82, 2.24) is 4.98 Å². The lowest BCUT2D eigenvalue weighted by atomic mass is 10.4. The SMILES string of the molecule is COc1ccncc1S(=O)(=O)Cl.Cl. The van der Waals surface area contributed by atoms with E-state index in [0.29, 0.717) is 0 Å². The number of pyridine rings is 1. The molecule has 0 aromatic carbocycles. The smallest absolute Gasteiger partial charge is 0.266 e. The number of aromatic nitrogens is 1. The van der Waals surface area contributed by atoms with Gasteiger partial charge in [-0.2, -0.15) is 0 Å². The van der Waals surface area contributed by atoms with Gasteiger partial charge in [0.2, 0.25) is 0 Å². The summed E-state index contributed by atoms with van der Waals surface area (Å²) in [6.07, 6.45) is 2.56. The van der Waals surface area contributed by atoms with Gasteiger partial charge in [-0.3, -0.25) is 4.98 Å². The summed E-state index contributed by atoms with van der Waals surface area (Å²) in [4.78, 5) is 3.50. The van der Waals surface area contributed by atoms with Crippen LogP contribution in [0.2, 0.25) is 0 Å². The van der Waals surface area contributed by atoms with Gasteiger partial charge in [-0.05, 0) is 6.07 Å². The molecule has 0 aliphatic heterocycles. The predicted octanol–water partition coefficient (Wildman–Crippen LogP) is 1.44. The lowest BCUT2D eigenvalue weighted by Gasteiger charge is -2.02. The summed E-state index contributed by atoms with van der Waals surface area (Å²) >= 11 is 0. The Hall–Kier alpha value is -0.520. The molecular formula is C6H7Cl2NO3S. The Bertz CT molecular complexity index is 379. The van der Waals surface area contributed by atoms with E-state index < -0.39 is 9.05 Å². The number of ether oxygens (including phenoxy) is 1. The van der Waals surface area contributed by atoms with Crippen LogP contribution in [0.15, 0.2) is 23.4 Å². The van der Waals surface area contributed by atoms with Crippen LogP contribution in [0.4, 0.5) is 0 Å². The van der Waals surface area contributed by atoms with Gasteiger partial charge in [-0.25, -0.2) is 8.42 Å². The van der Waals surface area contributed by atoms with Crippen molar-refractivity contribution in [3.8, 4) is 5.75 Å². The lowest BCUT2D eigenvalue weighted by Crippen LogP contribution is -1.96. The zero-order chi connectivity index (χ0) is 9.19. The topological polar surface area (TPSA) is 56.3 Å². The number of hydrogen-bond acceptors (Lipinski definition) is 4. The highest BCUT2D eigenvalue weighted by molar-refractivity contribution is 8.13. The molecule has 0 atom stereocenters. The highest BCUT2D eigenvalue weighted by Crippen LogP contribution is 2.24. The molecule has 0 saturated heterocycles. The lowest BCUT2D eigenvalue weighted by molar-refractivity contribution is 0.402. The van der Waals surface area contributed by atoms with E-state index in [4.69, 9.17) is 15.4 Å². The highest BCUT2D eigenvalue weighted by Gasteiger charge is 2.15. The van der Waals surface area contributed by atoms with E-state index in [1.54, 1.807) is 0 Å². The van der Waals surface area contributed by atoms with Crippen molar-refractivity contribution in [2.24, 2.45) is 0 Å². The average Bonchev–Trinajstić information content (AvgIpc) is 2.03. The van der Waals surface area contributed by atoms with Gasteiger partial charge in [0.25, 0.3) is 9.05 Å². The molecule has 0 amide bonds. The van der Waals surface area contributed by atoms with Crippen LogP contribution >= 0.6 is 23.1 Å². The minimum Gasteiger partial charge on any atom is -0.495 e. The summed E-state index contributed by atoms with van der Waals surface area (Å²) in [7, 11) is 2.70. The molecule has 0 bridgehead atoms. The van der Waals surface area contributed by atoms with E-state index >= 15 is 0 Å². The summed E-state index contributed by atoms with van der Waals surface area (Å²) in [6, 6.07) is 1.43. The van der Waals surface area contributed by atoms with Crippen molar-refractivity contribution in [2.75, 3.05) is 7.11 Å². The van der Waals surface area contributed by atoms with Crippen molar-refractivity contribution in [2.45, 2.75) is 4.90 Å². The summed E-state index contributed by atoms with van der Waals surface area (Å²) in [6.45, 7) is 0. The van der Waals surface area contributed by atoms with E-state index in [1.807, 2.05) is 0 Å². The zero-order valence-electron chi connectivity index (χ0n) is 6.60. The van der Waals surface area contributed by atoms with Gasteiger partial charge in [0.1, 0.15) is 10.6 Å². The maximum absolute atomic E-state index is 10.9. The molecule has 0 saturated carbocycles. The van der Waals surface area contributed by atoms with Gasteiger partial charge in [0.15, 0.2) is 0 Å². The molecular weight excluding hydrogens is 237 g/mol. The Morgan fingerprint density at radius 2 is 2.15 bits per heavy atom. The summed E-state index contributed by atoms with van der Waals surface area (Å²) in [5.74, 6) is 0.194. The second kappa shape index (κ2) is 4.64. The molecule has 0 N–H and O–H groups in total. The van der Waals surface area contributed by atoms with E-state index in [1.165, 1.54) is 19.4 Å². The van der Waals surface area contributed by atoms with E-state index in [-0.39, 0.29) is 23.1 Å². The average molecular weight is 244 g/mol. The van der Waals surface area contributed by atoms with Crippen LogP contribution in [-0.2, 0) is 9.05 Å². The Labute approximate surface area is 86.7 Å². The van der Waals surface area contributed by atoms with Gasteiger partial charge in [-0.1, -0.05) is 0 Å². The van der Waals surface area contributed by atoms with Crippen molar-refractivity contribution < 1.29 is 13.2 Å². The fourth-order valence-electron chi connectivity index (χ4n) is 0.719. The number of nitrogens with zero attached hydrogens (tertiary/aromatic N) is 1. The maximum Gasteiger partial charge on any atom is 0.266 e. The Morgan fingerprint density at radius 3 is 2.54 bits per heavy atom. The molecule has 7 heteroatoms. The number of methoxy groups -OCH3 is 1. The Morgan fingerprint density at radius 1 is 1.54 bits per heavy atom. The van der Waals surface area contributed by atoms with Crippen LogP contribution in [0.25, 0.3) is 0 Å². The first-order valence-corrected chi connectivity index (χ1v) is 5.29. The Kier molecular flexibility index (Phi) is 4.46. The van der Waals surface area contributed by atoms with Crippen LogP contribution < -0.4 is 4.74 Å². The Balaban J connectivity index is 0.00000144. The summed E-state index contributed by atoms with van der Waals surface area (Å²) < 4.78 is 26.5. The third-order valence-electron chi connectivity index (χ3n) is 1.23. The molecule has 1 rings (SSSR count). The first-order chi connectivity index (χ1) is 5.55. The molecule has 0 unspecified atom stereocenters. The van der Waals surface area contributed by atoms with Gasteiger partial charge in [-0.15, -0.1) is 12.4 Å². The fourth-order valence-corrected chi connectivity index (χ4v) is 1.65. The molecule has 0 aliphatic rings. The molecule has 13 heavy (non-hydrogen) atoms. The molecule has 1 aromatic heterocycles. The molecule has 4 nitrogen and oxygen atoms in total. The van der Waals surface area contributed by atoms with Gasteiger partial charge in [0.05, 0.1) is 13.3 Å². The molecule has 1 aromatic rings. The van der Waals surface area contributed by atoms with E-state index in [2.05, 4.69) is 4.98 Å². The molecule has 0 fully saturated rings.